The number of hydrogen-bond donors (Lipinski definition) is 2. The van der Waals surface area contributed by atoms with Crippen molar-refractivity contribution >= 4 is 17.2 Å². The molecule has 0 saturated heterocycles. The molecule has 0 aliphatic carbocycles. The summed E-state index contributed by atoms with van der Waals surface area (Å²) in [5.41, 5.74) is 7.41. The molecule has 3 nitrogen and oxygen atoms in total. The summed E-state index contributed by atoms with van der Waals surface area (Å²) < 4.78 is 13.9. The van der Waals surface area contributed by atoms with Crippen molar-refractivity contribution in [3.05, 3.63) is 59.9 Å². The molecule has 0 amide bonds. The van der Waals surface area contributed by atoms with E-state index in [0.717, 1.165) is 5.69 Å². The van der Waals surface area contributed by atoms with Gasteiger partial charge in [0.15, 0.2) is 0 Å². The number of para-hydroxylation sites is 2. The Morgan fingerprint density at radius 2 is 1.68 bits per heavy atom. The smallest absolute Gasteiger partial charge is 0.146 e. The van der Waals surface area contributed by atoms with Gasteiger partial charge in [0.1, 0.15) is 11.7 Å². The first-order chi connectivity index (χ1) is 9.15. The molecule has 0 saturated carbocycles. The fraction of sp³-hybridized carbons (Fsp3) is 0.133. The van der Waals surface area contributed by atoms with Crippen LogP contribution in [0.25, 0.3) is 0 Å². The van der Waals surface area contributed by atoms with Gasteiger partial charge in [0.2, 0.25) is 0 Å². The minimum absolute atomic E-state index is 0.0228. The number of rotatable bonds is 4. The molecular formula is C15H16FN3. The minimum Gasteiger partial charge on any atom is -0.384 e. The lowest BCUT2D eigenvalue weighted by atomic mass is 10.1. The van der Waals surface area contributed by atoms with E-state index in [-0.39, 0.29) is 11.7 Å². The minimum atomic E-state index is -0.289. The maximum absolute atomic E-state index is 13.9. The number of nitrogens with two attached hydrogens (primary N) is 1. The van der Waals surface area contributed by atoms with Crippen LogP contribution in [0.4, 0.5) is 15.8 Å². The third-order valence-electron chi connectivity index (χ3n) is 2.94. The second-order valence-corrected chi connectivity index (χ2v) is 4.13. The lowest BCUT2D eigenvalue weighted by Crippen LogP contribution is -2.22. The summed E-state index contributed by atoms with van der Waals surface area (Å²) in [6.07, 6.45) is 0. The SMILES string of the molecule is CCN(c1ccccc1F)c1ccccc1C(=N)N. The number of nitrogen functional groups attached to an aromatic ring is 1. The molecule has 0 aliphatic heterocycles. The second-order valence-electron chi connectivity index (χ2n) is 4.13. The monoisotopic (exact) mass is 257 g/mol. The van der Waals surface area contributed by atoms with Gasteiger partial charge in [-0.15, -0.1) is 0 Å². The Bertz CT molecular complexity index is 595. The number of amidine groups is 1. The maximum atomic E-state index is 13.9. The summed E-state index contributed by atoms with van der Waals surface area (Å²) in [5, 5.41) is 7.62. The van der Waals surface area contributed by atoms with Crippen LogP contribution in [0.2, 0.25) is 0 Å². The van der Waals surface area contributed by atoms with E-state index in [0.29, 0.717) is 17.8 Å². The van der Waals surface area contributed by atoms with Gasteiger partial charge in [-0.2, -0.15) is 0 Å². The molecule has 2 aromatic carbocycles. The average molecular weight is 257 g/mol. The lowest BCUT2D eigenvalue weighted by Gasteiger charge is -2.25. The van der Waals surface area contributed by atoms with E-state index in [1.54, 1.807) is 24.3 Å². The fourth-order valence-corrected chi connectivity index (χ4v) is 2.08. The van der Waals surface area contributed by atoms with Crippen LogP contribution in [0, 0.1) is 11.2 Å². The molecule has 0 spiro atoms. The Hall–Kier alpha value is -2.36. The molecular weight excluding hydrogens is 241 g/mol. The van der Waals surface area contributed by atoms with Gasteiger partial charge in [-0.1, -0.05) is 24.3 Å². The van der Waals surface area contributed by atoms with E-state index in [1.165, 1.54) is 6.07 Å². The Morgan fingerprint density at radius 1 is 1.11 bits per heavy atom. The Morgan fingerprint density at radius 3 is 2.26 bits per heavy atom. The predicted molar refractivity (Wildman–Crippen MR) is 76.5 cm³/mol. The van der Waals surface area contributed by atoms with Gasteiger partial charge in [-0.05, 0) is 31.2 Å². The van der Waals surface area contributed by atoms with E-state index in [2.05, 4.69) is 0 Å². The van der Waals surface area contributed by atoms with Crippen molar-refractivity contribution in [3.8, 4) is 0 Å². The number of nitrogens with zero attached hydrogens (tertiary/aromatic N) is 1. The number of hydrogen-bond acceptors (Lipinski definition) is 2. The van der Waals surface area contributed by atoms with Crippen LogP contribution in [-0.4, -0.2) is 12.4 Å². The van der Waals surface area contributed by atoms with Gasteiger partial charge in [0, 0.05) is 12.1 Å². The molecule has 98 valence electrons. The van der Waals surface area contributed by atoms with Crippen LogP contribution >= 0.6 is 0 Å². The van der Waals surface area contributed by atoms with Crippen LogP contribution in [0.3, 0.4) is 0 Å². The number of nitrogens with one attached hydrogen (secondary N) is 1. The van der Waals surface area contributed by atoms with E-state index in [4.69, 9.17) is 11.1 Å². The van der Waals surface area contributed by atoms with Crippen molar-refractivity contribution in [1.29, 1.82) is 5.41 Å². The number of anilines is 2. The standard InChI is InChI=1S/C15H16FN3/c1-2-19(14-10-6-4-8-12(14)16)13-9-5-3-7-11(13)15(17)18/h3-10H,2H2,1H3,(H3,17,18). The van der Waals surface area contributed by atoms with Crippen LogP contribution in [0.5, 0.6) is 0 Å². The third kappa shape index (κ3) is 2.57. The lowest BCUT2D eigenvalue weighted by molar-refractivity contribution is 0.625. The molecule has 0 aromatic heterocycles. The van der Waals surface area contributed by atoms with Crippen molar-refractivity contribution in [2.75, 3.05) is 11.4 Å². The summed E-state index contributed by atoms with van der Waals surface area (Å²) >= 11 is 0. The van der Waals surface area contributed by atoms with Gasteiger partial charge >= 0.3 is 0 Å². The first-order valence-corrected chi connectivity index (χ1v) is 6.10. The molecule has 0 aliphatic rings. The highest BCUT2D eigenvalue weighted by Crippen LogP contribution is 2.29. The zero-order chi connectivity index (χ0) is 13.8. The summed E-state index contributed by atoms with van der Waals surface area (Å²) in [5.74, 6) is -0.312. The Labute approximate surface area is 112 Å². The topological polar surface area (TPSA) is 53.1 Å². The Balaban J connectivity index is 2.55. The second kappa shape index (κ2) is 5.52. The highest BCUT2D eigenvalue weighted by molar-refractivity contribution is 6.01. The maximum Gasteiger partial charge on any atom is 0.146 e. The summed E-state index contributed by atoms with van der Waals surface area (Å²) in [6.45, 7) is 2.52. The average Bonchev–Trinajstić information content (AvgIpc) is 2.42. The van der Waals surface area contributed by atoms with Crippen molar-refractivity contribution < 1.29 is 4.39 Å². The molecule has 0 unspecified atom stereocenters. The summed E-state index contributed by atoms with van der Waals surface area (Å²) in [6, 6.07) is 13.9. The largest absolute Gasteiger partial charge is 0.384 e. The van der Waals surface area contributed by atoms with Gasteiger partial charge in [0.25, 0.3) is 0 Å². The molecule has 0 bridgehead atoms. The predicted octanol–water partition coefficient (Wildman–Crippen LogP) is 3.27. The highest BCUT2D eigenvalue weighted by atomic mass is 19.1. The third-order valence-corrected chi connectivity index (χ3v) is 2.94. The van der Waals surface area contributed by atoms with E-state index < -0.39 is 0 Å². The van der Waals surface area contributed by atoms with Gasteiger partial charge < -0.3 is 10.6 Å². The van der Waals surface area contributed by atoms with E-state index in [9.17, 15) is 4.39 Å². The molecule has 2 rings (SSSR count). The van der Waals surface area contributed by atoms with Crippen molar-refractivity contribution in [1.82, 2.24) is 0 Å². The summed E-state index contributed by atoms with van der Waals surface area (Å²) in [4.78, 5) is 1.81. The molecule has 0 fully saturated rings. The molecule has 19 heavy (non-hydrogen) atoms. The van der Waals surface area contributed by atoms with Gasteiger partial charge in [-0.25, -0.2) is 4.39 Å². The zero-order valence-electron chi connectivity index (χ0n) is 10.7. The highest BCUT2D eigenvalue weighted by Gasteiger charge is 2.15. The van der Waals surface area contributed by atoms with Crippen molar-refractivity contribution in [2.45, 2.75) is 6.92 Å². The number of halogens is 1. The van der Waals surface area contributed by atoms with Crippen molar-refractivity contribution in [3.63, 3.8) is 0 Å². The van der Waals surface area contributed by atoms with Crippen LogP contribution < -0.4 is 10.6 Å². The Kier molecular flexibility index (Phi) is 3.80. The van der Waals surface area contributed by atoms with E-state index >= 15 is 0 Å². The number of benzene rings is 2. The zero-order valence-corrected chi connectivity index (χ0v) is 10.7. The van der Waals surface area contributed by atoms with Crippen LogP contribution in [-0.2, 0) is 0 Å². The first-order valence-electron chi connectivity index (χ1n) is 6.10. The quantitative estimate of drug-likeness (QED) is 0.652. The molecule has 0 atom stereocenters. The normalized spacial score (nSPS) is 10.2. The van der Waals surface area contributed by atoms with Crippen molar-refractivity contribution in [2.24, 2.45) is 5.73 Å². The molecule has 4 heteroatoms. The van der Waals surface area contributed by atoms with E-state index in [1.807, 2.05) is 30.0 Å². The van der Waals surface area contributed by atoms with Gasteiger partial charge in [-0.3, -0.25) is 5.41 Å². The molecule has 2 aromatic rings. The van der Waals surface area contributed by atoms with Crippen LogP contribution in [0.1, 0.15) is 12.5 Å². The molecule has 0 radical (unpaired) electrons. The first kappa shape index (κ1) is 13.1. The molecule has 3 N–H and O–H groups in total. The summed E-state index contributed by atoms with van der Waals surface area (Å²) in [7, 11) is 0. The molecule has 0 heterocycles. The van der Waals surface area contributed by atoms with Crippen LogP contribution in [0.15, 0.2) is 48.5 Å². The van der Waals surface area contributed by atoms with Gasteiger partial charge in [0.05, 0.1) is 11.4 Å². The fourth-order valence-electron chi connectivity index (χ4n) is 2.08.